The van der Waals surface area contributed by atoms with Crippen LogP contribution >= 0.6 is 0 Å². The van der Waals surface area contributed by atoms with Gasteiger partial charge >= 0.3 is 0 Å². The number of nitrogens with zero attached hydrogens (tertiary/aromatic N) is 3. The number of hydrogen-bond donors (Lipinski definition) is 1. The van der Waals surface area contributed by atoms with Gasteiger partial charge in [-0.1, -0.05) is 115 Å². The number of furan rings is 2. The molecule has 0 aliphatic heterocycles. The Morgan fingerprint density at radius 2 is 1.02 bits per heavy atom. The molecule has 6 heteroatoms. The first-order chi connectivity index (χ1) is 27.7. The van der Waals surface area contributed by atoms with Crippen molar-refractivity contribution in [2.24, 2.45) is 0 Å². The summed E-state index contributed by atoms with van der Waals surface area (Å²) in [6.07, 6.45) is 0. The maximum atomic E-state index is 11.0. The molecular weight excluding hydrogens is 689 g/mol. The van der Waals surface area contributed by atoms with Gasteiger partial charge in [-0.3, -0.25) is 0 Å². The van der Waals surface area contributed by atoms with Gasteiger partial charge in [0.25, 0.3) is 0 Å². The van der Waals surface area contributed by atoms with Crippen molar-refractivity contribution in [1.29, 1.82) is 10.5 Å². The molecule has 0 fully saturated rings. The van der Waals surface area contributed by atoms with E-state index in [0.29, 0.717) is 22.5 Å². The Labute approximate surface area is 320 Å². The second kappa shape index (κ2) is 12.2. The van der Waals surface area contributed by atoms with Crippen LogP contribution in [0, 0.1) is 22.7 Å². The topological polar surface area (TPSA) is 90.8 Å². The van der Waals surface area contributed by atoms with Crippen molar-refractivity contribution >= 4 is 77.1 Å². The number of benzene rings is 8. The van der Waals surface area contributed by atoms with Crippen LogP contribution in [0.2, 0.25) is 0 Å². The first kappa shape index (κ1) is 31.5. The van der Waals surface area contributed by atoms with E-state index in [4.69, 9.17) is 8.83 Å². The lowest BCUT2D eigenvalue weighted by molar-refractivity contribution is 0.670. The van der Waals surface area contributed by atoms with Gasteiger partial charge < -0.3 is 18.7 Å². The molecule has 11 aromatic rings. The van der Waals surface area contributed by atoms with E-state index >= 15 is 0 Å². The fraction of sp³-hybridized carbons (Fsp3) is 0. The van der Waals surface area contributed by atoms with E-state index in [1.54, 1.807) is 6.07 Å². The summed E-state index contributed by atoms with van der Waals surface area (Å²) in [6.45, 7) is 0. The van der Waals surface area contributed by atoms with Crippen molar-refractivity contribution in [3.8, 4) is 40.1 Å². The maximum absolute atomic E-state index is 11.0. The average molecular weight is 717 g/mol. The number of rotatable bonds is 5. The zero-order valence-corrected chi connectivity index (χ0v) is 29.7. The average Bonchev–Trinajstić information content (AvgIpc) is 3.93. The second-order valence-corrected chi connectivity index (χ2v) is 13.9. The highest BCUT2D eigenvalue weighted by Gasteiger charge is 2.27. The number of fused-ring (bicyclic) bond motifs is 10. The summed E-state index contributed by atoms with van der Waals surface area (Å²) in [5.74, 6) is 0. The number of nitrogens with one attached hydrogen (secondary N) is 1. The number of hydrogen-bond acceptors (Lipinski definition) is 5. The number of aromatic nitrogens is 1. The predicted octanol–water partition coefficient (Wildman–Crippen LogP) is 13.4. The van der Waals surface area contributed by atoms with E-state index in [1.165, 1.54) is 0 Å². The van der Waals surface area contributed by atoms with E-state index in [2.05, 4.69) is 82.7 Å². The van der Waals surface area contributed by atoms with Crippen LogP contribution in [0.1, 0.15) is 11.1 Å². The van der Waals surface area contributed by atoms with E-state index in [9.17, 15) is 10.5 Å². The van der Waals surface area contributed by atoms with Gasteiger partial charge in [-0.05, 0) is 59.7 Å². The summed E-state index contributed by atoms with van der Waals surface area (Å²) in [6, 6.07) is 59.5. The van der Waals surface area contributed by atoms with Crippen molar-refractivity contribution in [2.45, 2.75) is 0 Å². The minimum atomic E-state index is 0.341. The van der Waals surface area contributed by atoms with Gasteiger partial charge in [0.1, 0.15) is 34.5 Å². The number of anilines is 2. The van der Waals surface area contributed by atoms with Crippen LogP contribution in [0.25, 0.3) is 93.6 Å². The van der Waals surface area contributed by atoms with Gasteiger partial charge in [-0.2, -0.15) is 10.5 Å². The van der Waals surface area contributed by atoms with Crippen molar-refractivity contribution in [3.63, 3.8) is 0 Å². The molecule has 0 aliphatic rings. The largest absolute Gasteiger partial charge is 0.455 e. The second-order valence-electron chi connectivity index (χ2n) is 13.9. The van der Waals surface area contributed by atoms with E-state index in [1.807, 2.05) is 97.1 Å². The summed E-state index contributed by atoms with van der Waals surface area (Å²) < 4.78 is 15.4. The molecular formula is C50H28N4O2. The Balaban J connectivity index is 1.26. The molecule has 0 saturated carbocycles. The van der Waals surface area contributed by atoms with Crippen LogP contribution in [0.5, 0.6) is 0 Å². The molecule has 0 spiro atoms. The summed E-state index contributed by atoms with van der Waals surface area (Å²) >= 11 is 0. The highest BCUT2D eigenvalue weighted by molar-refractivity contribution is 6.24. The first-order valence-corrected chi connectivity index (χ1v) is 18.4. The van der Waals surface area contributed by atoms with Gasteiger partial charge in [0.2, 0.25) is 0 Å². The Kier molecular flexibility index (Phi) is 6.88. The smallest absolute Gasteiger partial charge is 0.145 e. The molecule has 260 valence electrons. The highest BCUT2D eigenvalue weighted by atomic mass is 16.3. The van der Waals surface area contributed by atoms with Gasteiger partial charge in [0, 0.05) is 38.1 Å². The monoisotopic (exact) mass is 716 g/mol. The normalized spacial score (nSPS) is 11.5. The lowest BCUT2D eigenvalue weighted by atomic mass is 9.93. The minimum absolute atomic E-state index is 0.341. The van der Waals surface area contributed by atoms with Crippen molar-refractivity contribution in [1.82, 2.24) is 4.57 Å². The maximum Gasteiger partial charge on any atom is 0.145 e. The lowest BCUT2D eigenvalue weighted by Gasteiger charge is -2.23. The molecule has 0 aliphatic carbocycles. The van der Waals surface area contributed by atoms with Gasteiger partial charge in [0.05, 0.1) is 44.6 Å². The molecule has 56 heavy (non-hydrogen) atoms. The van der Waals surface area contributed by atoms with E-state index < -0.39 is 0 Å². The Morgan fingerprint density at radius 3 is 1.70 bits per heavy atom. The van der Waals surface area contributed by atoms with E-state index in [-0.39, 0.29) is 0 Å². The Bertz CT molecular complexity index is 3470. The van der Waals surface area contributed by atoms with Crippen LogP contribution in [-0.2, 0) is 0 Å². The van der Waals surface area contributed by atoms with Crippen molar-refractivity contribution in [3.05, 3.63) is 175 Å². The summed E-state index contributed by atoms with van der Waals surface area (Å²) in [5, 5.41) is 31.6. The predicted molar refractivity (Wildman–Crippen MR) is 225 cm³/mol. The fourth-order valence-electron chi connectivity index (χ4n) is 8.49. The zero-order valence-electron chi connectivity index (χ0n) is 29.7. The molecule has 0 amide bonds. The highest BCUT2D eigenvalue weighted by Crippen LogP contribution is 2.48. The summed E-state index contributed by atoms with van der Waals surface area (Å²) in [7, 11) is 0. The SMILES string of the molecule is N#Cc1cc(C#N)c(-n2c3ccccc3c3c4oc5ccccc5c4ccc32)c(-c2ccccc2)c1Nc1ccc2c(oc3ccccc32)c1-c1ccccc1. The Morgan fingerprint density at radius 1 is 0.464 bits per heavy atom. The third-order valence-electron chi connectivity index (χ3n) is 10.9. The lowest BCUT2D eigenvalue weighted by Crippen LogP contribution is -2.07. The minimum Gasteiger partial charge on any atom is -0.455 e. The van der Waals surface area contributed by atoms with Crippen molar-refractivity contribution in [2.75, 3.05) is 5.32 Å². The molecule has 0 atom stereocenters. The fourth-order valence-corrected chi connectivity index (χ4v) is 8.49. The van der Waals surface area contributed by atoms with E-state index in [0.717, 1.165) is 93.6 Å². The molecule has 0 unspecified atom stereocenters. The van der Waals surface area contributed by atoms with Gasteiger partial charge in [-0.25, -0.2) is 0 Å². The quantitative estimate of drug-likeness (QED) is 0.191. The van der Waals surface area contributed by atoms with Crippen molar-refractivity contribution < 1.29 is 8.83 Å². The first-order valence-electron chi connectivity index (χ1n) is 18.4. The molecule has 0 radical (unpaired) electrons. The number of nitriles is 2. The van der Waals surface area contributed by atoms with Gasteiger partial charge in [-0.15, -0.1) is 0 Å². The van der Waals surface area contributed by atoms with Gasteiger partial charge in [0.15, 0.2) is 0 Å². The molecule has 0 bridgehead atoms. The molecule has 0 saturated heterocycles. The molecule has 3 heterocycles. The van der Waals surface area contributed by atoms with Crippen LogP contribution < -0.4 is 5.32 Å². The van der Waals surface area contributed by atoms with Crippen LogP contribution in [-0.4, -0.2) is 4.57 Å². The summed E-state index contributed by atoms with van der Waals surface area (Å²) in [4.78, 5) is 0. The Hall–Kier alpha value is -8.06. The third-order valence-corrected chi connectivity index (χ3v) is 10.9. The van der Waals surface area contributed by atoms with Crippen LogP contribution in [0.4, 0.5) is 11.4 Å². The molecule has 6 nitrogen and oxygen atoms in total. The standard InChI is InChI=1S/C50H28N4O2/c51-28-32-27-33(29-52)48(54-40-20-10-7-19-38(40)46-41(54)26-24-37-35-18-9-12-22-43(35)56-50(37)46)45(31-15-5-2-6-16-31)47(32)53-39-25-23-36-34-17-8-11-21-42(34)55-49(36)44(39)30-13-3-1-4-14-30/h1-27,53H. The molecule has 11 rings (SSSR count). The summed E-state index contributed by atoms with van der Waals surface area (Å²) in [5.41, 5.74) is 11.1. The van der Waals surface area contributed by atoms with Crippen LogP contribution in [0.3, 0.4) is 0 Å². The van der Waals surface area contributed by atoms with Crippen LogP contribution in [0.15, 0.2) is 173 Å². The zero-order chi connectivity index (χ0) is 37.3. The molecule has 3 aromatic heterocycles. The number of para-hydroxylation sites is 3. The molecule has 1 N–H and O–H groups in total. The third kappa shape index (κ3) is 4.54. The molecule has 8 aromatic carbocycles.